The maximum atomic E-state index is 5.57. The molecule has 2 unspecified atom stereocenters. The largest absolute Gasteiger partial charge is 0.374 e. The molecule has 1 N–H and O–H groups in total. The maximum Gasteiger partial charge on any atom is 0.0661 e. The Morgan fingerprint density at radius 2 is 2.33 bits per heavy atom. The molecule has 0 amide bonds. The fourth-order valence-electron chi connectivity index (χ4n) is 1.55. The van der Waals surface area contributed by atoms with Crippen LogP contribution < -0.4 is 5.32 Å². The number of rotatable bonds is 2. The van der Waals surface area contributed by atoms with Gasteiger partial charge in [-0.2, -0.15) is 0 Å². The van der Waals surface area contributed by atoms with Crippen LogP contribution in [0.2, 0.25) is 0 Å². The summed E-state index contributed by atoms with van der Waals surface area (Å²) in [5, 5.41) is 3.32. The van der Waals surface area contributed by atoms with Crippen molar-refractivity contribution in [2.24, 2.45) is 0 Å². The summed E-state index contributed by atoms with van der Waals surface area (Å²) < 4.78 is 5.57. The van der Waals surface area contributed by atoms with Gasteiger partial charge in [0.2, 0.25) is 0 Å². The lowest BCUT2D eigenvalue weighted by Crippen LogP contribution is -2.36. The van der Waals surface area contributed by atoms with Crippen LogP contribution in [0.5, 0.6) is 0 Å². The number of terminal acetylenes is 1. The molecule has 0 radical (unpaired) electrons. The molecule has 68 valence electrons. The van der Waals surface area contributed by atoms with Crippen LogP contribution in [0, 0.1) is 12.3 Å². The lowest BCUT2D eigenvalue weighted by molar-refractivity contribution is 0.0356. The fourth-order valence-corrected chi connectivity index (χ4v) is 1.55. The number of ether oxygens (including phenoxy) is 1. The molecule has 0 saturated carbocycles. The fraction of sp³-hybridized carbons (Fsp3) is 0.800. The Kier molecular flexibility index (Phi) is 2.76. The molecule has 1 rings (SSSR count). The van der Waals surface area contributed by atoms with Crippen LogP contribution >= 0.6 is 0 Å². The van der Waals surface area contributed by atoms with Crippen molar-refractivity contribution in [2.75, 3.05) is 6.61 Å². The summed E-state index contributed by atoms with van der Waals surface area (Å²) in [5.41, 5.74) is 0.0198. The van der Waals surface area contributed by atoms with Gasteiger partial charge in [-0.1, -0.05) is 5.92 Å². The van der Waals surface area contributed by atoms with E-state index in [9.17, 15) is 0 Å². The minimum Gasteiger partial charge on any atom is -0.374 e. The molecule has 1 heterocycles. The van der Waals surface area contributed by atoms with Gasteiger partial charge in [-0.25, -0.2) is 0 Å². The average Bonchev–Trinajstić information content (AvgIpc) is 2.30. The molecule has 0 aromatic heterocycles. The maximum absolute atomic E-state index is 5.57. The van der Waals surface area contributed by atoms with Gasteiger partial charge in [0, 0.05) is 6.04 Å². The molecule has 0 spiro atoms. The summed E-state index contributed by atoms with van der Waals surface area (Å²) in [6, 6.07) is 0.568. The minimum absolute atomic E-state index is 0.0198. The summed E-state index contributed by atoms with van der Waals surface area (Å²) in [6.45, 7) is 6.98. The summed E-state index contributed by atoms with van der Waals surface area (Å²) in [6.07, 6.45) is 6.31. The zero-order valence-corrected chi connectivity index (χ0v) is 8.05. The molecule has 0 aromatic rings. The van der Waals surface area contributed by atoms with E-state index in [1.165, 1.54) is 0 Å². The first-order valence-corrected chi connectivity index (χ1v) is 4.39. The Balaban J connectivity index is 2.34. The molecular formula is C10H17NO. The molecular weight excluding hydrogens is 150 g/mol. The van der Waals surface area contributed by atoms with Gasteiger partial charge < -0.3 is 4.74 Å². The van der Waals surface area contributed by atoms with Gasteiger partial charge in [0.25, 0.3) is 0 Å². The van der Waals surface area contributed by atoms with Gasteiger partial charge in [0.15, 0.2) is 0 Å². The van der Waals surface area contributed by atoms with Crippen molar-refractivity contribution in [3.63, 3.8) is 0 Å². The third kappa shape index (κ3) is 2.51. The molecule has 1 aliphatic heterocycles. The van der Waals surface area contributed by atoms with E-state index in [-0.39, 0.29) is 11.6 Å². The highest BCUT2D eigenvalue weighted by molar-refractivity contribution is 4.98. The van der Waals surface area contributed by atoms with E-state index in [0.717, 1.165) is 13.0 Å². The molecule has 2 nitrogen and oxygen atoms in total. The molecule has 0 bridgehead atoms. The predicted octanol–water partition coefficient (Wildman–Crippen LogP) is 1.17. The second-order valence-corrected chi connectivity index (χ2v) is 4.03. The van der Waals surface area contributed by atoms with Crippen LogP contribution in [0.3, 0.4) is 0 Å². The molecule has 1 fully saturated rings. The molecule has 1 saturated heterocycles. The predicted molar refractivity (Wildman–Crippen MR) is 49.9 cm³/mol. The highest BCUT2D eigenvalue weighted by atomic mass is 16.5. The Hall–Kier alpha value is -0.520. The Morgan fingerprint density at radius 3 is 2.75 bits per heavy atom. The Bertz CT molecular complexity index is 193. The highest BCUT2D eigenvalue weighted by Crippen LogP contribution is 2.24. The molecule has 1 aliphatic rings. The Morgan fingerprint density at radius 1 is 1.67 bits per heavy atom. The van der Waals surface area contributed by atoms with Gasteiger partial charge >= 0.3 is 0 Å². The van der Waals surface area contributed by atoms with Gasteiger partial charge in [0.05, 0.1) is 18.2 Å². The smallest absolute Gasteiger partial charge is 0.0661 e. The van der Waals surface area contributed by atoms with Crippen LogP contribution in [0.25, 0.3) is 0 Å². The van der Waals surface area contributed by atoms with E-state index in [0.29, 0.717) is 6.04 Å². The third-order valence-electron chi connectivity index (χ3n) is 2.15. The van der Waals surface area contributed by atoms with E-state index in [1.54, 1.807) is 0 Å². The van der Waals surface area contributed by atoms with Crippen molar-refractivity contribution < 1.29 is 4.74 Å². The van der Waals surface area contributed by atoms with Crippen LogP contribution in [-0.2, 0) is 4.74 Å². The van der Waals surface area contributed by atoms with Gasteiger partial charge in [-0.3, -0.25) is 5.32 Å². The van der Waals surface area contributed by atoms with Gasteiger partial charge in [-0.15, -0.1) is 6.42 Å². The topological polar surface area (TPSA) is 21.3 Å². The van der Waals surface area contributed by atoms with Crippen LogP contribution in [0.15, 0.2) is 0 Å². The zero-order valence-electron chi connectivity index (χ0n) is 8.05. The number of nitrogens with one attached hydrogen (secondary N) is 1. The summed E-state index contributed by atoms with van der Waals surface area (Å²) >= 11 is 0. The number of hydrogen-bond acceptors (Lipinski definition) is 2. The Labute approximate surface area is 74.7 Å². The molecule has 0 aromatic carbocycles. The van der Waals surface area contributed by atoms with Crippen LogP contribution in [-0.4, -0.2) is 24.3 Å². The summed E-state index contributed by atoms with van der Waals surface area (Å²) in [4.78, 5) is 0. The van der Waals surface area contributed by atoms with Crippen molar-refractivity contribution in [1.82, 2.24) is 5.32 Å². The van der Waals surface area contributed by atoms with E-state index < -0.39 is 0 Å². The van der Waals surface area contributed by atoms with Crippen molar-refractivity contribution in [3.8, 4) is 12.3 Å². The van der Waals surface area contributed by atoms with E-state index in [4.69, 9.17) is 11.2 Å². The van der Waals surface area contributed by atoms with Gasteiger partial charge in [0.1, 0.15) is 0 Å². The first kappa shape index (κ1) is 9.57. The quantitative estimate of drug-likeness (QED) is 0.623. The van der Waals surface area contributed by atoms with E-state index in [2.05, 4.69) is 25.1 Å². The summed E-state index contributed by atoms with van der Waals surface area (Å²) in [7, 11) is 0. The van der Waals surface area contributed by atoms with Crippen molar-refractivity contribution in [1.29, 1.82) is 0 Å². The van der Waals surface area contributed by atoms with Gasteiger partial charge in [-0.05, 0) is 27.2 Å². The number of hydrogen-bond donors (Lipinski definition) is 1. The van der Waals surface area contributed by atoms with Crippen LogP contribution in [0.4, 0.5) is 0 Å². The third-order valence-corrected chi connectivity index (χ3v) is 2.15. The molecule has 2 heteroatoms. The first-order chi connectivity index (χ1) is 5.53. The normalized spacial score (nSPS) is 29.7. The van der Waals surface area contributed by atoms with E-state index >= 15 is 0 Å². The summed E-state index contributed by atoms with van der Waals surface area (Å²) in [5.74, 6) is 2.65. The average molecular weight is 167 g/mol. The SMILES string of the molecule is C#CC(C)NC1COC(C)(C)C1. The van der Waals surface area contributed by atoms with Crippen molar-refractivity contribution >= 4 is 0 Å². The van der Waals surface area contributed by atoms with Crippen molar-refractivity contribution in [2.45, 2.75) is 44.9 Å². The molecule has 2 atom stereocenters. The lowest BCUT2D eigenvalue weighted by Gasteiger charge is -2.16. The minimum atomic E-state index is 0.0198. The van der Waals surface area contributed by atoms with Crippen molar-refractivity contribution in [3.05, 3.63) is 0 Å². The monoisotopic (exact) mass is 167 g/mol. The van der Waals surface area contributed by atoms with Crippen LogP contribution in [0.1, 0.15) is 27.2 Å². The highest BCUT2D eigenvalue weighted by Gasteiger charge is 2.31. The second-order valence-electron chi connectivity index (χ2n) is 4.03. The zero-order chi connectivity index (χ0) is 9.19. The molecule has 0 aliphatic carbocycles. The second kappa shape index (κ2) is 3.47. The first-order valence-electron chi connectivity index (χ1n) is 4.39. The standard InChI is InChI=1S/C10H17NO/c1-5-8(2)11-9-6-10(3,4)12-7-9/h1,8-9,11H,6-7H2,2-4H3. The molecule has 12 heavy (non-hydrogen) atoms. The van der Waals surface area contributed by atoms with E-state index in [1.807, 2.05) is 6.92 Å². The lowest BCUT2D eigenvalue weighted by atomic mass is 10.0.